The smallest absolute Gasteiger partial charge is 0.226 e. The number of nitrogens with zero attached hydrogens (tertiary/aromatic N) is 3. The quantitative estimate of drug-likeness (QED) is 0.835. The van der Waals surface area contributed by atoms with Crippen LogP contribution in [0.2, 0.25) is 0 Å². The van der Waals surface area contributed by atoms with Gasteiger partial charge in [0.15, 0.2) is 5.82 Å². The average Bonchev–Trinajstić information content (AvgIpc) is 3.22. The molecule has 1 N–H and O–H groups in total. The maximum Gasteiger partial charge on any atom is 0.226 e. The van der Waals surface area contributed by atoms with Gasteiger partial charge in [-0.2, -0.15) is 4.98 Å². The van der Waals surface area contributed by atoms with Crippen molar-refractivity contribution >= 4 is 0 Å². The SMILES string of the molecule is CC(C)Cc1nc(CN(CC2CCCNC2)C2CC2)no1. The zero-order valence-electron chi connectivity index (χ0n) is 13.3. The lowest BCUT2D eigenvalue weighted by Gasteiger charge is -2.29. The van der Waals surface area contributed by atoms with E-state index in [1.807, 2.05) is 0 Å². The average molecular weight is 292 g/mol. The largest absolute Gasteiger partial charge is 0.339 e. The molecule has 0 amide bonds. The Hall–Kier alpha value is -0.940. The highest BCUT2D eigenvalue weighted by molar-refractivity contribution is 4.93. The summed E-state index contributed by atoms with van der Waals surface area (Å²) in [7, 11) is 0. The van der Waals surface area contributed by atoms with Crippen LogP contribution in [0.25, 0.3) is 0 Å². The predicted molar refractivity (Wildman–Crippen MR) is 81.9 cm³/mol. The molecule has 2 heterocycles. The molecule has 1 aromatic rings. The number of piperidine rings is 1. The Morgan fingerprint density at radius 2 is 2.19 bits per heavy atom. The Labute approximate surface area is 127 Å². The molecule has 5 nitrogen and oxygen atoms in total. The van der Waals surface area contributed by atoms with E-state index in [9.17, 15) is 0 Å². The first-order valence-corrected chi connectivity index (χ1v) is 8.47. The van der Waals surface area contributed by atoms with Crippen LogP contribution in [0.4, 0.5) is 0 Å². The highest BCUT2D eigenvalue weighted by atomic mass is 16.5. The Morgan fingerprint density at radius 1 is 1.33 bits per heavy atom. The highest BCUT2D eigenvalue weighted by Gasteiger charge is 2.31. The molecule has 0 radical (unpaired) electrons. The van der Waals surface area contributed by atoms with Crippen LogP contribution >= 0.6 is 0 Å². The first kappa shape index (κ1) is 15.0. The molecule has 1 atom stereocenters. The minimum absolute atomic E-state index is 0.561. The van der Waals surface area contributed by atoms with Gasteiger partial charge in [0.05, 0.1) is 6.54 Å². The fraction of sp³-hybridized carbons (Fsp3) is 0.875. The fourth-order valence-electron chi connectivity index (χ4n) is 3.16. The van der Waals surface area contributed by atoms with E-state index < -0.39 is 0 Å². The molecule has 2 aliphatic rings. The summed E-state index contributed by atoms with van der Waals surface area (Å²) in [6.45, 7) is 8.72. The molecule has 1 aliphatic carbocycles. The van der Waals surface area contributed by atoms with Gasteiger partial charge >= 0.3 is 0 Å². The van der Waals surface area contributed by atoms with Crippen LogP contribution < -0.4 is 5.32 Å². The third kappa shape index (κ3) is 4.51. The van der Waals surface area contributed by atoms with Crippen LogP contribution in [-0.2, 0) is 13.0 Å². The fourth-order valence-corrected chi connectivity index (χ4v) is 3.16. The van der Waals surface area contributed by atoms with Crippen molar-refractivity contribution in [1.82, 2.24) is 20.4 Å². The molecule has 1 saturated heterocycles. The molecule has 0 bridgehead atoms. The summed E-state index contributed by atoms with van der Waals surface area (Å²) < 4.78 is 5.37. The van der Waals surface area contributed by atoms with Gasteiger partial charge in [0.25, 0.3) is 0 Å². The molecule has 5 heteroatoms. The Kier molecular flexibility index (Phi) is 4.91. The van der Waals surface area contributed by atoms with Crippen molar-refractivity contribution in [3.8, 4) is 0 Å². The van der Waals surface area contributed by atoms with Gasteiger partial charge in [0, 0.05) is 19.0 Å². The van der Waals surface area contributed by atoms with E-state index in [2.05, 4.69) is 34.2 Å². The molecule has 1 aliphatic heterocycles. The lowest BCUT2D eigenvalue weighted by Crippen LogP contribution is -2.39. The van der Waals surface area contributed by atoms with Crippen molar-refractivity contribution in [2.45, 2.75) is 58.5 Å². The Morgan fingerprint density at radius 3 is 2.86 bits per heavy atom. The molecular weight excluding hydrogens is 264 g/mol. The second kappa shape index (κ2) is 6.88. The van der Waals surface area contributed by atoms with Gasteiger partial charge in [-0.25, -0.2) is 0 Å². The molecule has 2 fully saturated rings. The maximum atomic E-state index is 5.37. The first-order valence-electron chi connectivity index (χ1n) is 8.47. The van der Waals surface area contributed by atoms with Gasteiger partial charge in [-0.3, -0.25) is 4.90 Å². The molecule has 1 unspecified atom stereocenters. The molecule has 21 heavy (non-hydrogen) atoms. The summed E-state index contributed by atoms with van der Waals surface area (Å²) in [5.74, 6) is 2.99. The topological polar surface area (TPSA) is 54.2 Å². The van der Waals surface area contributed by atoms with Crippen LogP contribution in [0.3, 0.4) is 0 Å². The van der Waals surface area contributed by atoms with Gasteiger partial charge in [0.1, 0.15) is 0 Å². The van der Waals surface area contributed by atoms with Gasteiger partial charge in [0.2, 0.25) is 5.89 Å². The summed E-state index contributed by atoms with van der Waals surface area (Å²) in [6.07, 6.45) is 6.20. The number of rotatable bonds is 7. The van der Waals surface area contributed by atoms with Gasteiger partial charge in [-0.1, -0.05) is 19.0 Å². The standard InChI is InChI=1S/C16H28N4O/c1-12(2)8-16-18-15(19-21-16)11-20(14-5-6-14)10-13-4-3-7-17-9-13/h12-14,17H,3-11H2,1-2H3. The molecule has 1 aromatic heterocycles. The van der Waals surface area contributed by atoms with Crippen LogP contribution in [-0.4, -0.2) is 40.7 Å². The van der Waals surface area contributed by atoms with E-state index in [0.717, 1.165) is 43.2 Å². The minimum Gasteiger partial charge on any atom is -0.339 e. The lowest BCUT2D eigenvalue weighted by atomic mass is 9.99. The second-order valence-corrected chi connectivity index (χ2v) is 7.08. The van der Waals surface area contributed by atoms with E-state index >= 15 is 0 Å². The van der Waals surface area contributed by atoms with E-state index in [-0.39, 0.29) is 0 Å². The van der Waals surface area contributed by atoms with E-state index in [1.54, 1.807) is 0 Å². The number of hydrogen-bond donors (Lipinski definition) is 1. The van der Waals surface area contributed by atoms with Crippen LogP contribution in [0.1, 0.15) is 51.2 Å². The van der Waals surface area contributed by atoms with E-state index in [4.69, 9.17) is 4.52 Å². The van der Waals surface area contributed by atoms with E-state index in [1.165, 1.54) is 38.8 Å². The molecule has 0 aromatic carbocycles. The predicted octanol–water partition coefficient (Wildman–Crippen LogP) is 2.23. The van der Waals surface area contributed by atoms with Crippen LogP contribution in [0.5, 0.6) is 0 Å². The zero-order valence-corrected chi connectivity index (χ0v) is 13.3. The summed E-state index contributed by atoms with van der Waals surface area (Å²) in [6, 6.07) is 0.749. The van der Waals surface area contributed by atoms with Crippen molar-refractivity contribution in [2.75, 3.05) is 19.6 Å². The maximum absolute atomic E-state index is 5.37. The Bertz CT molecular complexity index is 435. The first-order chi connectivity index (χ1) is 10.2. The lowest BCUT2D eigenvalue weighted by molar-refractivity contribution is 0.187. The summed E-state index contributed by atoms with van der Waals surface area (Å²) >= 11 is 0. The van der Waals surface area contributed by atoms with Crippen molar-refractivity contribution in [2.24, 2.45) is 11.8 Å². The molecular formula is C16H28N4O. The highest BCUT2D eigenvalue weighted by Crippen LogP contribution is 2.29. The summed E-state index contributed by atoms with van der Waals surface area (Å²) in [5, 5.41) is 7.68. The van der Waals surface area contributed by atoms with Crippen molar-refractivity contribution in [3.05, 3.63) is 11.7 Å². The second-order valence-electron chi connectivity index (χ2n) is 7.08. The monoisotopic (exact) mass is 292 g/mol. The van der Waals surface area contributed by atoms with Crippen LogP contribution in [0.15, 0.2) is 4.52 Å². The number of aromatic nitrogens is 2. The summed E-state index contributed by atoms with van der Waals surface area (Å²) in [5.41, 5.74) is 0. The van der Waals surface area contributed by atoms with Crippen LogP contribution in [0, 0.1) is 11.8 Å². The van der Waals surface area contributed by atoms with Crippen molar-refractivity contribution in [3.63, 3.8) is 0 Å². The summed E-state index contributed by atoms with van der Waals surface area (Å²) in [4.78, 5) is 7.13. The third-order valence-corrected chi connectivity index (χ3v) is 4.39. The molecule has 118 valence electrons. The van der Waals surface area contributed by atoms with Gasteiger partial charge < -0.3 is 9.84 Å². The van der Waals surface area contributed by atoms with E-state index in [0.29, 0.717) is 5.92 Å². The normalized spacial score (nSPS) is 23.1. The molecule has 0 spiro atoms. The van der Waals surface area contributed by atoms with Crippen molar-refractivity contribution < 1.29 is 4.52 Å². The van der Waals surface area contributed by atoms with Gasteiger partial charge in [-0.05, 0) is 50.6 Å². The zero-order chi connectivity index (χ0) is 14.7. The molecule has 1 saturated carbocycles. The third-order valence-electron chi connectivity index (χ3n) is 4.39. The van der Waals surface area contributed by atoms with Crippen molar-refractivity contribution in [1.29, 1.82) is 0 Å². The minimum atomic E-state index is 0.561. The molecule has 3 rings (SSSR count). The van der Waals surface area contributed by atoms with Gasteiger partial charge in [-0.15, -0.1) is 0 Å². The number of hydrogen-bond acceptors (Lipinski definition) is 5. The Balaban J connectivity index is 1.55. The number of nitrogens with one attached hydrogen (secondary N) is 1.